The van der Waals surface area contributed by atoms with Gasteiger partial charge in [0, 0.05) is 12.8 Å². The van der Waals surface area contributed by atoms with Crippen LogP contribution in [0, 0.1) is 0 Å². The first-order chi connectivity index (χ1) is 13.2. The summed E-state index contributed by atoms with van der Waals surface area (Å²) in [4.78, 5) is 23.4. The fraction of sp³-hybridized carbons (Fsp3) is 0.167. The van der Waals surface area contributed by atoms with Gasteiger partial charge in [0.25, 0.3) is 0 Å². The molecular weight excluding hydrogens is 334 g/mol. The molecule has 0 aliphatic heterocycles. The number of unbranched alkanes of at least 4 members (excludes halogenated alkanes) is 1. The van der Waals surface area contributed by atoms with E-state index < -0.39 is 5.54 Å². The van der Waals surface area contributed by atoms with Crippen molar-refractivity contribution in [1.82, 2.24) is 5.32 Å². The highest BCUT2D eigenvalue weighted by atomic mass is 16.1. The second kappa shape index (κ2) is 10.1. The van der Waals surface area contributed by atoms with Crippen LogP contribution >= 0.6 is 0 Å². The molecule has 3 heteroatoms. The Kier molecular flexibility index (Phi) is 7.50. The van der Waals surface area contributed by atoms with E-state index in [4.69, 9.17) is 0 Å². The average Bonchev–Trinajstić information content (AvgIpc) is 2.72. The number of benzene rings is 2. The van der Waals surface area contributed by atoms with Crippen molar-refractivity contribution < 1.29 is 9.59 Å². The van der Waals surface area contributed by atoms with Crippen LogP contribution in [0.4, 0.5) is 0 Å². The molecule has 1 N–H and O–H groups in total. The maximum absolute atomic E-state index is 12.8. The molecule has 0 spiro atoms. The number of carbonyl (C=O) groups excluding carboxylic acids is 2. The molecule has 1 amide bonds. The SMILES string of the molecule is C=C/C=C(\C=C)C(NC(=O)CCCC=O)(c1ccccc1)c1ccccc1. The molecular formula is C24H25NO2. The van der Waals surface area contributed by atoms with Crippen LogP contribution in [0.15, 0.2) is 97.6 Å². The van der Waals surface area contributed by atoms with Crippen LogP contribution in [-0.2, 0) is 15.1 Å². The summed E-state index contributed by atoms with van der Waals surface area (Å²) in [7, 11) is 0. The monoisotopic (exact) mass is 359 g/mol. The Morgan fingerprint density at radius 1 is 0.963 bits per heavy atom. The first kappa shape index (κ1) is 20.1. The molecule has 138 valence electrons. The molecule has 0 aliphatic rings. The Morgan fingerprint density at radius 2 is 1.52 bits per heavy atom. The molecule has 2 rings (SSSR count). The van der Waals surface area contributed by atoms with Crippen LogP contribution in [0.1, 0.15) is 30.4 Å². The van der Waals surface area contributed by atoms with Crippen molar-refractivity contribution in [2.24, 2.45) is 0 Å². The molecule has 0 aliphatic carbocycles. The largest absolute Gasteiger partial charge is 0.338 e. The minimum Gasteiger partial charge on any atom is -0.338 e. The van der Waals surface area contributed by atoms with Gasteiger partial charge in [-0.05, 0) is 23.1 Å². The first-order valence-corrected chi connectivity index (χ1v) is 9.00. The van der Waals surface area contributed by atoms with Gasteiger partial charge in [0.15, 0.2) is 0 Å². The summed E-state index contributed by atoms with van der Waals surface area (Å²) < 4.78 is 0. The summed E-state index contributed by atoms with van der Waals surface area (Å²) in [6.45, 7) is 7.78. The Bertz CT molecular complexity index is 767. The lowest BCUT2D eigenvalue weighted by Crippen LogP contribution is -2.48. The Labute approximate surface area is 161 Å². The van der Waals surface area contributed by atoms with Gasteiger partial charge < -0.3 is 10.1 Å². The Balaban J connectivity index is 2.64. The van der Waals surface area contributed by atoms with E-state index in [2.05, 4.69) is 18.5 Å². The predicted octanol–water partition coefficient (Wildman–Crippen LogP) is 4.71. The number of carbonyl (C=O) groups is 2. The molecule has 0 saturated heterocycles. The van der Waals surface area contributed by atoms with Crippen molar-refractivity contribution in [2.45, 2.75) is 24.8 Å². The zero-order valence-electron chi connectivity index (χ0n) is 15.4. The van der Waals surface area contributed by atoms with Crippen molar-refractivity contribution in [3.8, 4) is 0 Å². The van der Waals surface area contributed by atoms with E-state index in [0.29, 0.717) is 12.8 Å². The second-order valence-corrected chi connectivity index (χ2v) is 6.15. The third-order valence-electron chi connectivity index (χ3n) is 4.42. The molecule has 0 aromatic heterocycles. The maximum Gasteiger partial charge on any atom is 0.221 e. The van der Waals surface area contributed by atoms with E-state index in [1.165, 1.54) is 0 Å². The summed E-state index contributed by atoms with van der Waals surface area (Å²) in [6, 6.07) is 19.6. The summed E-state index contributed by atoms with van der Waals surface area (Å²) in [5.74, 6) is -0.124. The van der Waals surface area contributed by atoms with E-state index in [0.717, 1.165) is 23.0 Å². The molecule has 0 saturated carbocycles. The van der Waals surface area contributed by atoms with Crippen LogP contribution in [0.3, 0.4) is 0 Å². The van der Waals surface area contributed by atoms with Crippen LogP contribution in [-0.4, -0.2) is 12.2 Å². The van der Waals surface area contributed by atoms with E-state index in [1.54, 1.807) is 12.2 Å². The lowest BCUT2D eigenvalue weighted by Gasteiger charge is -2.37. The standard InChI is InChI=1S/C24H25NO2/c1-3-13-20(4-2)24(21-14-7-5-8-15-21,22-16-9-6-10-17-22)25-23(27)18-11-12-19-26/h3-10,13-17,19H,1-2,11-12,18H2,(H,25,27)/b20-13+. The zero-order valence-corrected chi connectivity index (χ0v) is 15.4. The molecule has 27 heavy (non-hydrogen) atoms. The highest BCUT2D eigenvalue weighted by Gasteiger charge is 2.38. The van der Waals surface area contributed by atoms with Crippen molar-refractivity contribution in [3.05, 3.63) is 109 Å². The number of rotatable bonds is 10. The first-order valence-electron chi connectivity index (χ1n) is 9.00. The van der Waals surface area contributed by atoms with Gasteiger partial charge in [-0.1, -0.05) is 92.0 Å². The van der Waals surface area contributed by atoms with E-state index >= 15 is 0 Å². The van der Waals surface area contributed by atoms with Gasteiger partial charge in [0.05, 0.1) is 0 Å². The smallest absolute Gasteiger partial charge is 0.221 e. The van der Waals surface area contributed by atoms with Crippen molar-refractivity contribution >= 4 is 12.2 Å². The quantitative estimate of drug-likeness (QED) is 0.379. The van der Waals surface area contributed by atoms with Crippen LogP contribution in [0.2, 0.25) is 0 Å². The Morgan fingerprint density at radius 3 is 1.96 bits per heavy atom. The molecule has 0 bridgehead atoms. The highest BCUT2D eigenvalue weighted by molar-refractivity contribution is 5.79. The molecule has 3 nitrogen and oxygen atoms in total. The van der Waals surface area contributed by atoms with Gasteiger partial charge in [-0.2, -0.15) is 0 Å². The van der Waals surface area contributed by atoms with Gasteiger partial charge in [-0.3, -0.25) is 4.79 Å². The molecule has 0 fully saturated rings. The topological polar surface area (TPSA) is 46.2 Å². The minimum absolute atomic E-state index is 0.124. The Hall–Kier alpha value is -3.20. The zero-order chi connectivity index (χ0) is 19.5. The van der Waals surface area contributed by atoms with Crippen LogP contribution < -0.4 is 5.32 Å². The van der Waals surface area contributed by atoms with Gasteiger partial charge in [-0.25, -0.2) is 0 Å². The number of nitrogens with one attached hydrogen (secondary N) is 1. The fourth-order valence-electron chi connectivity index (χ4n) is 3.18. The van der Waals surface area contributed by atoms with Gasteiger partial charge in [0.2, 0.25) is 5.91 Å². The molecule has 0 radical (unpaired) electrons. The summed E-state index contributed by atoms with van der Waals surface area (Å²) in [6.07, 6.45) is 7.29. The average molecular weight is 359 g/mol. The minimum atomic E-state index is -0.892. The molecule has 0 heterocycles. The van der Waals surface area contributed by atoms with Crippen molar-refractivity contribution in [3.63, 3.8) is 0 Å². The van der Waals surface area contributed by atoms with Gasteiger partial charge in [-0.15, -0.1) is 0 Å². The van der Waals surface area contributed by atoms with Crippen LogP contribution in [0.25, 0.3) is 0 Å². The highest BCUT2D eigenvalue weighted by Crippen LogP contribution is 2.37. The van der Waals surface area contributed by atoms with E-state index in [1.807, 2.05) is 66.7 Å². The number of aldehydes is 1. The van der Waals surface area contributed by atoms with Crippen molar-refractivity contribution in [2.75, 3.05) is 0 Å². The fourth-order valence-corrected chi connectivity index (χ4v) is 3.18. The molecule has 2 aromatic rings. The number of hydrogen-bond donors (Lipinski definition) is 1. The van der Waals surface area contributed by atoms with E-state index in [-0.39, 0.29) is 12.3 Å². The molecule has 0 unspecified atom stereocenters. The van der Waals surface area contributed by atoms with Crippen LogP contribution in [0.5, 0.6) is 0 Å². The second-order valence-electron chi connectivity index (χ2n) is 6.15. The third kappa shape index (κ3) is 4.70. The molecule has 2 aromatic carbocycles. The molecule has 0 atom stereocenters. The summed E-state index contributed by atoms with van der Waals surface area (Å²) in [5.41, 5.74) is 1.77. The van der Waals surface area contributed by atoms with Gasteiger partial charge in [0.1, 0.15) is 11.8 Å². The number of amides is 1. The predicted molar refractivity (Wildman–Crippen MR) is 110 cm³/mol. The third-order valence-corrected chi connectivity index (χ3v) is 4.42. The summed E-state index contributed by atoms with van der Waals surface area (Å²) >= 11 is 0. The number of allylic oxidation sites excluding steroid dienone is 2. The van der Waals surface area contributed by atoms with E-state index in [9.17, 15) is 9.59 Å². The lowest BCUT2D eigenvalue weighted by molar-refractivity contribution is -0.122. The van der Waals surface area contributed by atoms with Crippen molar-refractivity contribution in [1.29, 1.82) is 0 Å². The normalized spacial score (nSPS) is 11.5. The summed E-state index contributed by atoms with van der Waals surface area (Å²) in [5, 5.41) is 3.22. The lowest BCUT2D eigenvalue weighted by atomic mass is 9.76. The maximum atomic E-state index is 12.8. The number of hydrogen-bond acceptors (Lipinski definition) is 2. The van der Waals surface area contributed by atoms with Gasteiger partial charge >= 0.3 is 0 Å².